The fraction of sp³-hybridized carbons (Fsp3) is 0.500. The smallest absolute Gasteiger partial charge is 0.305 e. The average Bonchev–Trinajstić information content (AvgIpc) is 3.11. The van der Waals surface area contributed by atoms with Gasteiger partial charge in [0.15, 0.2) is 0 Å². The zero-order valence-corrected chi connectivity index (χ0v) is 12.2. The van der Waals surface area contributed by atoms with Crippen molar-refractivity contribution in [2.45, 2.75) is 39.2 Å². The molecule has 0 saturated heterocycles. The molecule has 1 saturated carbocycles. The summed E-state index contributed by atoms with van der Waals surface area (Å²) in [5.74, 6) is -1.56. The monoisotopic (exact) mass is 293 g/mol. The fourth-order valence-electron chi connectivity index (χ4n) is 2.60. The first-order valence-electron chi connectivity index (χ1n) is 7.13. The molecule has 1 aliphatic carbocycles. The predicted octanol–water partition coefficient (Wildman–Crippen LogP) is 2.89. The summed E-state index contributed by atoms with van der Waals surface area (Å²) >= 11 is 0. The minimum Gasteiger partial charge on any atom is -0.481 e. The van der Waals surface area contributed by atoms with Gasteiger partial charge >= 0.3 is 5.97 Å². The van der Waals surface area contributed by atoms with Gasteiger partial charge in [0.1, 0.15) is 5.82 Å². The van der Waals surface area contributed by atoms with Crippen LogP contribution >= 0.6 is 0 Å². The Morgan fingerprint density at radius 1 is 1.43 bits per heavy atom. The summed E-state index contributed by atoms with van der Waals surface area (Å²) in [7, 11) is 0. The van der Waals surface area contributed by atoms with Crippen LogP contribution in [-0.4, -0.2) is 17.0 Å². The zero-order valence-electron chi connectivity index (χ0n) is 12.2. The van der Waals surface area contributed by atoms with E-state index in [1.807, 2.05) is 6.92 Å². The maximum absolute atomic E-state index is 13.0. The highest BCUT2D eigenvalue weighted by Crippen LogP contribution is 2.54. The molecule has 1 fully saturated rings. The highest BCUT2D eigenvalue weighted by molar-refractivity contribution is 5.83. The number of hydrogen-bond acceptors (Lipinski definition) is 2. The minimum atomic E-state index is -1.00. The van der Waals surface area contributed by atoms with Gasteiger partial charge in [-0.1, -0.05) is 26.0 Å². The van der Waals surface area contributed by atoms with Crippen LogP contribution in [0.3, 0.4) is 0 Å². The van der Waals surface area contributed by atoms with Crippen molar-refractivity contribution < 1.29 is 19.1 Å². The predicted molar refractivity (Wildman–Crippen MR) is 76.0 cm³/mol. The molecule has 114 valence electrons. The molecular weight excluding hydrogens is 273 g/mol. The van der Waals surface area contributed by atoms with E-state index in [0.717, 1.165) is 12.8 Å². The van der Waals surface area contributed by atoms with Crippen molar-refractivity contribution in [2.75, 3.05) is 0 Å². The lowest BCUT2D eigenvalue weighted by Crippen LogP contribution is -2.32. The second-order valence-corrected chi connectivity index (χ2v) is 5.97. The van der Waals surface area contributed by atoms with E-state index in [4.69, 9.17) is 5.11 Å². The molecule has 1 aromatic rings. The molecule has 4 nitrogen and oxygen atoms in total. The number of amides is 1. The number of carboxylic acid groups (broad SMARTS) is 1. The molecule has 3 unspecified atom stereocenters. The lowest BCUT2D eigenvalue weighted by atomic mass is 10.0. The van der Waals surface area contributed by atoms with Crippen LogP contribution in [0.15, 0.2) is 24.3 Å². The van der Waals surface area contributed by atoms with Gasteiger partial charge < -0.3 is 10.4 Å². The molecule has 0 radical (unpaired) electrons. The summed E-state index contributed by atoms with van der Waals surface area (Å²) in [6.07, 6.45) is 1.54. The number of carbonyl (C=O) groups is 2. The highest BCUT2D eigenvalue weighted by Gasteiger charge is 2.53. The lowest BCUT2D eigenvalue weighted by Gasteiger charge is -2.18. The van der Waals surface area contributed by atoms with Crippen LogP contribution in [-0.2, 0) is 9.59 Å². The summed E-state index contributed by atoms with van der Waals surface area (Å²) in [5.41, 5.74) is 0.631. The van der Waals surface area contributed by atoms with Gasteiger partial charge in [-0.25, -0.2) is 4.39 Å². The van der Waals surface area contributed by atoms with Gasteiger partial charge in [0.2, 0.25) is 5.91 Å². The van der Waals surface area contributed by atoms with Gasteiger partial charge in [-0.2, -0.15) is 0 Å². The van der Waals surface area contributed by atoms with Crippen molar-refractivity contribution >= 4 is 11.9 Å². The molecule has 0 aromatic heterocycles. The quantitative estimate of drug-likeness (QED) is 0.847. The second kappa shape index (κ2) is 5.84. The number of carbonyl (C=O) groups excluding carboxylic acids is 1. The number of halogens is 1. The zero-order chi connectivity index (χ0) is 15.6. The van der Waals surface area contributed by atoms with Crippen molar-refractivity contribution in [1.29, 1.82) is 0 Å². The summed E-state index contributed by atoms with van der Waals surface area (Å²) < 4.78 is 13.0. The van der Waals surface area contributed by atoms with Crippen LogP contribution in [0.4, 0.5) is 4.39 Å². The Morgan fingerprint density at radius 2 is 2.05 bits per heavy atom. The number of hydrogen-bond donors (Lipinski definition) is 2. The molecule has 2 N–H and O–H groups in total. The van der Waals surface area contributed by atoms with Crippen molar-refractivity contribution in [3.63, 3.8) is 0 Å². The van der Waals surface area contributed by atoms with Crippen LogP contribution < -0.4 is 5.32 Å². The number of nitrogens with one attached hydrogen (secondary N) is 1. The third kappa shape index (κ3) is 3.60. The number of rotatable bonds is 6. The van der Waals surface area contributed by atoms with Crippen molar-refractivity contribution in [1.82, 2.24) is 5.32 Å². The Balaban J connectivity index is 2.08. The molecule has 1 aliphatic rings. The Hall–Kier alpha value is -1.91. The van der Waals surface area contributed by atoms with Crippen molar-refractivity contribution in [3.8, 4) is 0 Å². The standard InChI is InChI=1S/C16H20FNO3/c1-3-16(2)9-12(16)15(21)18-13(8-14(19)20)10-4-6-11(17)7-5-10/h4-7,12-13H,3,8-9H2,1-2H3,(H,18,21)(H,19,20). The van der Waals surface area contributed by atoms with Crippen LogP contribution in [0.5, 0.6) is 0 Å². The Labute approximate surface area is 123 Å². The lowest BCUT2D eigenvalue weighted by molar-refractivity contribution is -0.137. The van der Waals surface area contributed by atoms with E-state index < -0.39 is 12.0 Å². The molecular formula is C16H20FNO3. The van der Waals surface area contributed by atoms with Crippen LogP contribution in [0.2, 0.25) is 0 Å². The first-order chi connectivity index (χ1) is 9.85. The van der Waals surface area contributed by atoms with E-state index in [0.29, 0.717) is 5.56 Å². The van der Waals surface area contributed by atoms with E-state index in [-0.39, 0.29) is 29.5 Å². The topological polar surface area (TPSA) is 66.4 Å². The normalized spacial score (nSPS) is 25.2. The first-order valence-corrected chi connectivity index (χ1v) is 7.13. The number of aliphatic carboxylic acids is 1. The SMILES string of the molecule is CCC1(C)CC1C(=O)NC(CC(=O)O)c1ccc(F)cc1. The Bertz CT molecular complexity index is 543. The highest BCUT2D eigenvalue weighted by atomic mass is 19.1. The summed E-state index contributed by atoms with van der Waals surface area (Å²) in [4.78, 5) is 23.2. The van der Waals surface area contributed by atoms with Gasteiger partial charge in [0, 0.05) is 5.92 Å². The molecule has 21 heavy (non-hydrogen) atoms. The summed E-state index contributed by atoms with van der Waals surface area (Å²) in [6.45, 7) is 4.10. The van der Waals surface area contributed by atoms with Crippen molar-refractivity contribution in [3.05, 3.63) is 35.6 Å². The number of carboxylic acids is 1. The maximum atomic E-state index is 13.0. The van der Waals surface area contributed by atoms with E-state index in [2.05, 4.69) is 12.2 Å². The first kappa shape index (κ1) is 15.5. The van der Waals surface area contributed by atoms with E-state index in [1.165, 1.54) is 24.3 Å². The van der Waals surface area contributed by atoms with Crippen LogP contribution in [0.25, 0.3) is 0 Å². The van der Waals surface area contributed by atoms with Crippen LogP contribution in [0, 0.1) is 17.2 Å². The number of benzene rings is 1. The van der Waals surface area contributed by atoms with Gasteiger partial charge in [-0.3, -0.25) is 9.59 Å². The second-order valence-electron chi connectivity index (χ2n) is 5.97. The van der Waals surface area contributed by atoms with E-state index >= 15 is 0 Å². The third-order valence-electron chi connectivity index (χ3n) is 4.44. The van der Waals surface area contributed by atoms with E-state index in [1.54, 1.807) is 0 Å². The molecule has 0 bridgehead atoms. The average molecular weight is 293 g/mol. The van der Waals surface area contributed by atoms with Gasteiger partial charge in [0.05, 0.1) is 12.5 Å². The maximum Gasteiger partial charge on any atom is 0.305 e. The van der Waals surface area contributed by atoms with Crippen molar-refractivity contribution in [2.24, 2.45) is 11.3 Å². The summed E-state index contributed by atoms with van der Waals surface area (Å²) in [6, 6.07) is 4.93. The molecule has 0 spiro atoms. The Kier molecular flexibility index (Phi) is 4.30. The molecule has 1 amide bonds. The van der Waals surface area contributed by atoms with Crippen LogP contribution in [0.1, 0.15) is 44.7 Å². The van der Waals surface area contributed by atoms with Gasteiger partial charge in [-0.15, -0.1) is 0 Å². The fourth-order valence-corrected chi connectivity index (χ4v) is 2.60. The van der Waals surface area contributed by atoms with E-state index in [9.17, 15) is 14.0 Å². The molecule has 3 atom stereocenters. The largest absolute Gasteiger partial charge is 0.481 e. The van der Waals surface area contributed by atoms with Gasteiger partial charge in [0.25, 0.3) is 0 Å². The molecule has 0 aliphatic heterocycles. The Morgan fingerprint density at radius 3 is 2.52 bits per heavy atom. The molecule has 0 heterocycles. The third-order valence-corrected chi connectivity index (χ3v) is 4.44. The van der Waals surface area contributed by atoms with Gasteiger partial charge in [-0.05, 0) is 36.0 Å². The minimum absolute atomic E-state index is 0.0284. The molecule has 2 rings (SSSR count). The summed E-state index contributed by atoms with van der Waals surface area (Å²) in [5, 5.41) is 11.8. The molecule has 5 heteroatoms. The molecule has 1 aromatic carbocycles.